The van der Waals surface area contributed by atoms with Gasteiger partial charge in [-0.3, -0.25) is 19.2 Å². The number of rotatable bonds is 5. The lowest BCUT2D eigenvalue weighted by molar-refractivity contribution is -0.138. The molecule has 1 aliphatic heterocycles. The van der Waals surface area contributed by atoms with E-state index in [1.54, 1.807) is 29.6 Å². The fourth-order valence-corrected chi connectivity index (χ4v) is 4.96. The molecule has 0 bridgehead atoms. The Labute approximate surface area is 193 Å². The first kappa shape index (κ1) is 22.2. The van der Waals surface area contributed by atoms with E-state index in [-0.39, 0.29) is 26.7 Å². The molecule has 3 heterocycles. The first-order valence-corrected chi connectivity index (χ1v) is 11.9. The lowest BCUT2D eigenvalue weighted by Crippen LogP contribution is -2.39. The molecule has 2 amide bonds. The van der Waals surface area contributed by atoms with Crippen molar-refractivity contribution in [3.05, 3.63) is 70.5 Å². The number of amides is 2. The third-order valence-corrected chi connectivity index (χ3v) is 7.13. The van der Waals surface area contributed by atoms with Crippen LogP contribution in [0.5, 0.6) is 0 Å². The number of nitriles is 1. The number of nitrogens with one attached hydrogen (secondary N) is 1. The molecule has 1 aliphatic rings. The quantitative estimate of drug-likeness (QED) is 0.437. The summed E-state index contributed by atoms with van der Waals surface area (Å²) in [6.07, 6.45) is 2.98. The molecule has 0 spiro atoms. The molecule has 33 heavy (non-hydrogen) atoms. The SMILES string of the molecule is CC1=C(C#N)C(=O)N(C)C(=O)/C1=C/c1ccc(-c2ccc(S(=O)(=O)Nc3nccs3)cc2)o1. The zero-order chi connectivity index (χ0) is 23.8. The molecule has 2 aromatic heterocycles. The first-order chi connectivity index (χ1) is 15.7. The summed E-state index contributed by atoms with van der Waals surface area (Å²) in [4.78, 5) is 29.5. The first-order valence-electron chi connectivity index (χ1n) is 9.49. The van der Waals surface area contributed by atoms with Gasteiger partial charge in [-0.2, -0.15) is 5.26 Å². The third kappa shape index (κ3) is 4.21. The number of hydrogen-bond donors (Lipinski definition) is 1. The second kappa shape index (κ2) is 8.50. The number of benzene rings is 1. The number of sulfonamides is 1. The number of anilines is 1. The Hall–Kier alpha value is -4.01. The van der Waals surface area contributed by atoms with Crippen molar-refractivity contribution in [3.63, 3.8) is 0 Å². The number of aromatic nitrogens is 1. The van der Waals surface area contributed by atoms with Gasteiger partial charge in [-0.1, -0.05) is 0 Å². The molecule has 0 unspecified atom stereocenters. The van der Waals surface area contributed by atoms with Crippen molar-refractivity contribution in [2.75, 3.05) is 11.8 Å². The summed E-state index contributed by atoms with van der Waals surface area (Å²) in [5.74, 6) is -0.378. The van der Waals surface area contributed by atoms with Crippen molar-refractivity contribution in [2.24, 2.45) is 0 Å². The fourth-order valence-electron chi connectivity index (χ4n) is 3.17. The molecule has 166 valence electrons. The highest BCUT2D eigenvalue weighted by Crippen LogP contribution is 2.29. The summed E-state index contributed by atoms with van der Waals surface area (Å²) in [5, 5.41) is 11.2. The standard InChI is InChI=1S/C22H16N4O5S2/c1-13-17(20(27)26(2)21(28)18(13)12-23)11-15-5-8-19(31-15)14-3-6-16(7-4-14)33(29,30)25-22-24-9-10-32-22/h3-11H,1-2H3,(H,24,25)/b17-11+. The summed E-state index contributed by atoms with van der Waals surface area (Å²) < 4.78 is 33.2. The lowest BCUT2D eigenvalue weighted by atomic mass is 9.95. The van der Waals surface area contributed by atoms with E-state index in [0.717, 1.165) is 4.90 Å². The Morgan fingerprint density at radius 1 is 1.15 bits per heavy atom. The maximum absolute atomic E-state index is 12.5. The van der Waals surface area contributed by atoms with Crippen LogP contribution < -0.4 is 4.72 Å². The number of imide groups is 1. The largest absolute Gasteiger partial charge is 0.457 e. The molecule has 4 rings (SSSR count). The van der Waals surface area contributed by atoms with Crippen molar-refractivity contribution in [2.45, 2.75) is 11.8 Å². The summed E-state index contributed by atoms with van der Waals surface area (Å²) in [7, 11) is -2.45. The molecule has 9 nitrogen and oxygen atoms in total. The van der Waals surface area contributed by atoms with Crippen LogP contribution in [0, 0.1) is 11.3 Å². The molecule has 3 aromatic rings. The molecular weight excluding hydrogens is 464 g/mol. The normalized spacial score (nSPS) is 15.8. The van der Waals surface area contributed by atoms with Gasteiger partial charge in [0.2, 0.25) is 0 Å². The number of carbonyl (C=O) groups is 2. The van der Waals surface area contributed by atoms with Gasteiger partial charge < -0.3 is 4.42 Å². The van der Waals surface area contributed by atoms with Gasteiger partial charge in [0.1, 0.15) is 23.2 Å². The van der Waals surface area contributed by atoms with E-state index in [0.29, 0.717) is 17.1 Å². The van der Waals surface area contributed by atoms with Gasteiger partial charge in [-0.15, -0.1) is 11.3 Å². The highest BCUT2D eigenvalue weighted by atomic mass is 32.2. The third-order valence-electron chi connectivity index (χ3n) is 4.96. The van der Waals surface area contributed by atoms with Crippen LogP contribution in [0.1, 0.15) is 12.7 Å². The van der Waals surface area contributed by atoms with Gasteiger partial charge in [-0.05, 0) is 55.0 Å². The van der Waals surface area contributed by atoms with Crippen LogP contribution in [0.2, 0.25) is 0 Å². The van der Waals surface area contributed by atoms with Gasteiger partial charge in [-0.25, -0.2) is 13.4 Å². The molecule has 0 radical (unpaired) electrons. The van der Waals surface area contributed by atoms with Crippen LogP contribution in [-0.4, -0.2) is 37.2 Å². The molecule has 0 saturated heterocycles. The minimum atomic E-state index is -3.77. The number of likely N-dealkylation sites (N-methyl/N-ethyl adjacent to an activating group) is 1. The van der Waals surface area contributed by atoms with Crippen LogP contribution in [0.4, 0.5) is 5.13 Å². The fraction of sp³-hybridized carbons (Fsp3) is 0.0909. The predicted octanol–water partition coefficient (Wildman–Crippen LogP) is 3.43. The predicted molar refractivity (Wildman–Crippen MR) is 121 cm³/mol. The van der Waals surface area contributed by atoms with E-state index in [2.05, 4.69) is 9.71 Å². The Morgan fingerprint density at radius 3 is 2.52 bits per heavy atom. The second-order valence-electron chi connectivity index (χ2n) is 7.01. The van der Waals surface area contributed by atoms with Gasteiger partial charge in [0, 0.05) is 29.8 Å². The summed E-state index contributed by atoms with van der Waals surface area (Å²) in [6, 6.07) is 11.3. The average molecular weight is 481 g/mol. The van der Waals surface area contributed by atoms with Crippen molar-refractivity contribution in [1.82, 2.24) is 9.88 Å². The highest BCUT2D eigenvalue weighted by molar-refractivity contribution is 7.93. The molecule has 0 aliphatic carbocycles. The van der Waals surface area contributed by atoms with Crippen LogP contribution >= 0.6 is 11.3 Å². The van der Waals surface area contributed by atoms with Crippen molar-refractivity contribution < 1.29 is 22.4 Å². The zero-order valence-corrected chi connectivity index (χ0v) is 19.0. The summed E-state index contributed by atoms with van der Waals surface area (Å²) in [5.41, 5.74) is 0.994. The van der Waals surface area contributed by atoms with Gasteiger partial charge in [0.05, 0.1) is 4.90 Å². The van der Waals surface area contributed by atoms with E-state index in [1.807, 2.05) is 6.07 Å². The highest BCUT2D eigenvalue weighted by Gasteiger charge is 2.33. The Kier molecular flexibility index (Phi) is 5.71. The zero-order valence-electron chi connectivity index (χ0n) is 17.4. The average Bonchev–Trinajstić information content (AvgIpc) is 3.48. The Morgan fingerprint density at radius 2 is 1.88 bits per heavy atom. The van der Waals surface area contributed by atoms with E-state index in [9.17, 15) is 23.3 Å². The number of furan rings is 1. The van der Waals surface area contributed by atoms with Crippen molar-refractivity contribution >= 4 is 44.4 Å². The number of carbonyl (C=O) groups excluding carboxylic acids is 2. The summed E-state index contributed by atoms with van der Waals surface area (Å²) >= 11 is 1.17. The molecule has 0 fully saturated rings. The van der Waals surface area contributed by atoms with Gasteiger partial charge in [0.15, 0.2) is 5.13 Å². The monoisotopic (exact) mass is 480 g/mol. The van der Waals surface area contributed by atoms with Crippen LogP contribution in [0.15, 0.2) is 74.0 Å². The molecule has 1 N–H and O–H groups in total. The molecule has 0 atom stereocenters. The topological polar surface area (TPSA) is 133 Å². The molecule has 0 saturated carbocycles. The number of hydrogen-bond acceptors (Lipinski definition) is 8. The van der Waals surface area contributed by atoms with Crippen molar-refractivity contribution in [3.8, 4) is 17.4 Å². The van der Waals surface area contributed by atoms with Crippen LogP contribution in [0.3, 0.4) is 0 Å². The Bertz CT molecular complexity index is 1460. The number of thiazole rings is 1. The van der Waals surface area contributed by atoms with E-state index >= 15 is 0 Å². The smallest absolute Gasteiger partial charge is 0.271 e. The minimum absolute atomic E-state index is 0.0700. The summed E-state index contributed by atoms with van der Waals surface area (Å²) in [6.45, 7) is 1.54. The Balaban J connectivity index is 1.60. The molecular formula is C22H16N4O5S2. The van der Waals surface area contributed by atoms with Gasteiger partial charge in [0.25, 0.3) is 21.8 Å². The maximum Gasteiger partial charge on any atom is 0.271 e. The van der Waals surface area contributed by atoms with Crippen LogP contribution in [-0.2, 0) is 19.6 Å². The van der Waals surface area contributed by atoms with E-state index in [1.165, 1.54) is 49.7 Å². The van der Waals surface area contributed by atoms with E-state index < -0.39 is 21.8 Å². The maximum atomic E-state index is 12.5. The molecule has 1 aromatic carbocycles. The van der Waals surface area contributed by atoms with Crippen molar-refractivity contribution in [1.29, 1.82) is 5.26 Å². The van der Waals surface area contributed by atoms with Gasteiger partial charge >= 0.3 is 0 Å². The van der Waals surface area contributed by atoms with E-state index in [4.69, 9.17) is 4.42 Å². The van der Waals surface area contributed by atoms with Crippen LogP contribution in [0.25, 0.3) is 17.4 Å². The lowest BCUT2D eigenvalue weighted by Gasteiger charge is -2.23. The number of nitrogens with zero attached hydrogens (tertiary/aromatic N) is 3. The second-order valence-corrected chi connectivity index (χ2v) is 9.59. The minimum Gasteiger partial charge on any atom is -0.457 e. The molecule has 11 heteroatoms.